The van der Waals surface area contributed by atoms with Crippen LogP contribution in [0.25, 0.3) is 27.5 Å². The van der Waals surface area contributed by atoms with Crippen molar-refractivity contribution in [2.24, 2.45) is 0 Å². The molecule has 4 heteroatoms. The van der Waals surface area contributed by atoms with Gasteiger partial charge in [-0.2, -0.15) is 0 Å². The van der Waals surface area contributed by atoms with Crippen LogP contribution in [0.2, 0.25) is 29.6 Å². The van der Waals surface area contributed by atoms with E-state index in [-0.39, 0.29) is 5.78 Å². The summed E-state index contributed by atoms with van der Waals surface area (Å²) in [6, 6.07) is 20.7. The van der Waals surface area contributed by atoms with E-state index in [1.165, 1.54) is 34.5 Å². The average Bonchev–Trinajstić information content (AvgIpc) is 2.99. The topological polar surface area (TPSA) is 22.0 Å². The molecule has 4 aromatic rings. The predicted molar refractivity (Wildman–Crippen MR) is 135 cm³/mol. The summed E-state index contributed by atoms with van der Waals surface area (Å²) in [5.41, 5.74) is 5.76. The second kappa shape index (κ2) is 6.86. The third-order valence-corrected chi connectivity index (χ3v) is 18.2. The molecule has 0 unspecified atom stereocenters. The number of benzene rings is 3. The zero-order valence-electron chi connectivity index (χ0n) is 18.8. The summed E-state index contributed by atoms with van der Waals surface area (Å²) in [5.74, 6) is 0.269. The minimum atomic E-state index is -2.22. The van der Waals surface area contributed by atoms with E-state index in [1.54, 1.807) is 0 Å². The van der Waals surface area contributed by atoms with E-state index in [0.717, 1.165) is 11.3 Å². The molecule has 0 spiro atoms. The van der Waals surface area contributed by atoms with Gasteiger partial charge in [0.15, 0.2) is 0 Å². The van der Waals surface area contributed by atoms with Crippen molar-refractivity contribution < 1.29 is 4.79 Å². The fourth-order valence-corrected chi connectivity index (χ4v) is 11.1. The van der Waals surface area contributed by atoms with Crippen molar-refractivity contribution in [2.75, 3.05) is 0 Å². The van der Waals surface area contributed by atoms with E-state index in [9.17, 15) is 4.79 Å². The third kappa shape index (κ3) is 3.25. The van der Waals surface area contributed by atoms with Crippen LogP contribution in [0, 0.1) is 0 Å². The van der Waals surface area contributed by atoms with E-state index in [0.29, 0.717) is 6.42 Å². The molecule has 2 nitrogen and oxygen atoms in total. The Morgan fingerprint density at radius 1 is 0.700 bits per heavy atom. The zero-order valence-corrected chi connectivity index (χ0v) is 24.5. The number of fused-ring (bicyclic) bond motifs is 4. The molecule has 0 N–H and O–H groups in total. The van der Waals surface area contributed by atoms with Crippen LogP contribution in [0.1, 0.15) is 15.9 Å². The van der Waals surface area contributed by atoms with E-state index >= 15 is 0 Å². The first kappa shape index (κ1) is 20.6. The Labute approximate surface area is 187 Å². The first-order valence-electron chi connectivity index (χ1n) is 10.8. The van der Waals surface area contributed by atoms with Gasteiger partial charge in [0.1, 0.15) is 0 Å². The first-order valence-corrected chi connectivity index (χ1v) is 30.8. The normalized spacial score (nSPS) is 14.3. The van der Waals surface area contributed by atoms with Gasteiger partial charge in [-0.05, 0) is 0 Å². The number of hydrogen-bond donors (Lipinski definition) is 0. The molecule has 0 amide bonds. The van der Waals surface area contributed by atoms with Gasteiger partial charge in [-0.3, -0.25) is 0 Å². The predicted octanol–water partition coefficient (Wildman–Crippen LogP) is 5.61. The van der Waals surface area contributed by atoms with Gasteiger partial charge in [-0.1, -0.05) is 0 Å². The van der Waals surface area contributed by atoms with Crippen LogP contribution < -0.4 is 7.16 Å². The monoisotopic (exact) mass is 611 g/mol. The van der Waals surface area contributed by atoms with E-state index in [1.807, 2.05) is 0 Å². The van der Waals surface area contributed by atoms with Crippen molar-refractivity contribution in [3.8, 4) is 5.69 Å². The summed E-state index contributed by atoms with van der Waals surface area (Å²) in [5, 5.41) is 2.63. The Bertz CT molecular complexity index is 1280. The number of rotatable bonds is 3. The second-order valence-corrected chi connectivity index (χ2v) is 39.7. The van der Waals surface area contributed by atoms with Crippen molar-refractivity contribution in [3.63, 3.8) is 0 Å². The Morgan fingerprint density at radius 3 is 1.70 bits per heavy atom. The Kier molecular flexibility index (Phi) is 4.72. The van der Waals surface area contributed by atoms with Crippen molar-refractivity contribution in [2.45, 2.75) is 36.1 Å². The van der Waals surface area contributed by atoms with Gasteiger partial charge in [0, 0.05) is 0 Å². The Morgan fingerprint density at radius 2 is 1.23 bits per heavy atom. The van der Waals surface area contributed by atoms with Crippen molar-refractivity contribution in [1.82, 2.24) is 4.57 Å². The zero-order chi connectivity index (χ0) is 21.4. The van der Waals surface area contributed by atoms with Crippen LogP contribution in [0.15, 0.2) is 54.6 Å². The summed E-state index contributed by atoms with van der Waals surface area (Å²) in [4.78, 5) is 27.0. The van der Waals surface area contributed by atoms with Crippen LogP contribution in [0.4, 0.5) is 0 Å². The minimum absolute atomic E-state index is 0.269. The molecular weight excluding hydrogens is 580 g/mol. The molecule has 0 saturated heterocycles. The van der Waals surface area contributed by atoms with Crippen LogP contribution >= 0.6 is 0 Å². The fraction of sp³-hybridized carbons (Fsp3) is 0.269. The van der Waals surface area contributed by atoms with Crippen molar-refractivity contribution in [3.05, 3.63) is 65.7 Å². The van der Waals surface area contributed by atoms with Gasteiger partial charge < -0.3 is 0 Å². The van der Waals surface area contributed by atoms with Crippen LogP contribution in [-0.2, 0) is 6.42 Å². The third-order valence-electron chi connectivity index (χ3n) is 6.50. The maximum atomic E-state index is 12.1. The molecule has 5 rings (SSSR count). The van der Waals surface area contributed by atoms with Gasteiger partial charge in [0.05, 0.1) is 0 Å². The molecule has 30 heavy (non-hydrogen) atoms. The summed E-state index contributed by atoms with van der Waals surface area (Å²) >= 11 is -4.44. The number of nitrogens with zero attached hydrogens (tertiary/aromatic N) is 1. The van der Waals surface area contributed by atoms with Crippen LogP contribution in [0.5, 0.6) is 0 Å². The molecule has 3 aromatic carbocycles. The Balaban J connectivity index is 1.89. The molecule has 1 aliphatic rings. The van der Waals surface area contributed by atoms with E-state index in [2.05, 4.69) is 88.8 Å². The molecule has 0 bridgehead atoms. The number of ketones is 1. The fourth-order valence-electron chi connectivity index (χ4n) is 4.51. The number of Topliss-reactive ketones (excluding diaryl/α,β-unsaturated/α-hetero) is 1. The average molecular weight is 609 g/mol. The standard InChI is InChI=1S/C20H11NO.6CH3.2Sn/c22-20-11-13-9-10-14(12-17(13)20)21-18-7-3-1-5-15(18)16-6-2-4-8-19(16)21;;;;;;;;/h1-2,5-10,12H,11H2;6*1H3;;. The molecular formula is C26H29NOSn2. The number of hydrogen-bond acceptors (Lipinski definition) is 1. The number of aromatic nitrogens is 1. The molecule has 0 fully saturated rings. The second-order valence-electron chi connectivity index (χ2n) is 10.7. The summed E-state index contributed by atoms with van der Waals surface area (Å²) in [6.07, 6.45) is 0.591. The van der Waals surface area contributed by atoms with Crippen LogP contribution in [0.3, 0.4) is 0 Å². The summed E-state index contributed by atoms with van der Waals surface area (Å²) in [6.45, 7) is 0. The van der Waals surface area contributed by atoms with Gasteiger partial charge in [-0.15, -0.1) is 0 Å². The molecule has 0 aliphatic heterocycles. The molecule has 1 aliphatic carbocycles. The van der Waals surface area contributed by atoms with E-state index < -0.39 is 36.8 Å². The van der Waals surface area contributed by atoms with Crippen molar-refractivity contribution in [1.29, 1.82) is 0 Å². The summed E-state index contributed by atoms with van der Waals surface area (Å²) < 4.78 is 5.49. The SMILES string of the molecule is [CH3][Sn]([CH3])([CH3])[c]1ccc2c3cc[c]([Sn]([CH3])([CH3])[CH3])cc3n(-c3ccc4c(c3)C(=O)C4)c2c1. The molecule has 0 saturated carbocycles. The first-order chi connectivity index (χ1) is 14.0. The number of carbonyl (C=O) groups excluding carboxylic acids is 1. The Hall–Kier alpha value is -1.27. The molecule has 1 aromatic heterocycles. The van der Waals surface area contributed by atoms with Gasteiger partial charge >= 0.3 is 188 Å². The maximum absolute atomic E-state index is 12.1. The van der Waals surface area contributed by atoms with Gasteiger partial charge in [0.25, 0.3) is 0 Å². The summed E-state index contributed by atoms with van der Waals surface area (Å²) in [7, 11) is 0. The molecule has 1 heterocycles. The molecule has 0 radical (unpaired) electrons. The van der Waals surface area contributed by atoms with Gasteiger partial charge in [-0.25, -0.2) is 0 Å². The van der Waals surface area contributed by atoms with Crippen LogP contribution in [-0.4, -0.2) is 47.1 Å². The quantitative estimate of drug-likeness (QED) is 0.277. The molecule has 152 valence electrons. The number of carbonyl (C=O) groups is 1. The molecule has 0 atom stereocenters. The van der Waals surface area contributed by atoms with Crippen molar-refractivity contribution >= 4 is 71.5 Å². The van der Waals surface area contributed by atoms with Gasteiger partial charge in [0.2, 0.25) is 0 Å². The van der Waals surface area contributed by atoms with E-state index in [4.69, 9.17) is 0 Å².